The van der Waals surface area contributed by atoms with Gasteiger partial charge in [-0.15, -0.1) is 11.3 Å². The molecule has 9 heteroatoms. The van der Waals surface area contributed by atoms with Crippen LogP contribution in [0.1, 0.15) is 34.8 Å². The van der Waals surface area contributed by atoms with Gasteiger partial charge in [0.05, 0.1) is 5.51 Å². The van der Waals surface area contributed by atoms with Gasteiger partial charge in [-0.1, -0.05) is 48.5 Å². The molecule has 2 amide bonds. The van der Waals surface area contributed by atoms with E-state index in [0.29, 0.717) is 12.8 Å². The van der Waals surface area contributed by atoms with Crippen LogP contribution in [0.2, 0.25) is 0 Å². The van der Waals surface area contributed by atoms with Gasteiger partial charge in [0.1, 0.15) is 18.2 Å². The normalized spacial score (nSPS) is 16.1. The molecule has 174 valence electrons. The Kier molecular flexibility index (Phi) is 5.79. The SMILES string of the molecule is O=C(NC(Cc1cncs1)C(=O)NC1(C(=O)O)CC1)OCC1c2ccccc2-c2ccccc21. The van der Waals surface area contributed by atoms with Gasteiger partial charge in [-0.25, -0.2) is 9.59 Å². The molecule has 1 atom stereocenters. The maximum atomic E-state index is 12.9. The number of amides is 2. The Balaban J connectivity index is 1.27. The number of nitrogens with one attached hydrogen (secondary N) is 2. The minimum absolute atomic E-state index is 0.103. The second-order valence-corrected chi connectivity index (χ2v) is 9.54. The standard InChI is InChI=1S/C25H23N3O5S/c29-22(28-25(9-10-25)23(30)31)21(11-15-12-26-14-34-15)27-24(32)33-13-20-18-7-3-1-5-16(18)17-6-2-4-8-19(17)20/h1-8,12,14,20-21H,9-11,13H2,(H,27,32)(H,28,29)(H,30,31). The molecule has 0 saturated heterocycles. The van der Waals surface area contributed by atoms with Crippen molar-refractivity contribution in [1.82, 2.24) is 15.6 Å². The smallest absolute Gasteiger partial charge is 0.407 e. The molecule has 2 aliphatic carbocycles. The third kappa shape index (κ3) is 4.26. The summed E-state index contributed by atoms with van der Waals surface area (Å²) in [7, 11) is 0. The van der Waals surface area contributed by atoms with Crippen molar-refractivity contribution in [2.45, 2.75) is 36.8 Å². The van der Waals surface area contributed by atoms with E-state index in [-0.39, 0.29) is 18.9 Å². The van der Waals surface area contributed by atoms with E-state index in [9.17, 15) is 19.5 Å². The molecule has 1 unspecified atom stereocenters. The Morgan fingerprint density at radius 3 is 2.29 bits per heavy atom. The lowest BCUT2D eigenvalue weighted by atomic mass is 9.98. The van der Waals surface area contributed by atoms with Gasteiger partial charge in [0.25, 0.3) is 0 Å². The van der Waals surface area contributed by atoms with Crippen molar-refractivity contribution >= 4 is 29.3 Å². The number of ether oxygens (including phenoxy) is 1. The van der Waals surface area contributed by atoms with Gasteiger partial charge in [0.15, 0.2) is 0 Å². The summed E-state index contributed by atoms with van der Waals surface area (Å²) in [6.07, 6.45) is 1.82. The lowest BCUT2D eigenvalue weighted by Crippen LogP contribution is -2.53. The van der Waals surface area contributed by atoms with Gasteiger partial charge in [-0.2, -0.15) is 0 Å². The van der Waals surface area contributed by atoms with Crippen LogP contribution in [-0.4, -0.2) is 46.2 Å². The number of carboxylic acids is 1. The molecule has 1 fully saturated rings. The van der Waals surface area contributed by atoms with E-state index < -0.39 is 29.6 Å². The Labute approximate surface area is 200 Å². The first-order valence-electron chi connectivity index (χ1n) is 11.0. The van der Waals surface area contributed by atoms with Gasteiger partial charge in [-0.3, -0.25) is 9.78 Å². The van der Waals surface area contributed by atoms with Gasteiger partial charge in [0, 0.05) is 23.4 Å². The number of carbonyl (C=O) groups is 3. The number of nitrogens with zero attached hydrogens (tertiary/aromatic N) is 1. The fourth-order valence-electron chi connectivity index (χ4n) is 4.38. The number of aliphatic carboxylic acids is 1. The van der Waals surface area contributed by atoms with Crippen LogP contribution in [0.3, 0.4) is 0 Å². The van der Waals surface area contributed by atoms with E-state index in [0.717, 1.165) is 27.1 Å². The number of hydrogen-bond acceptors (Lipinski definition) is 6. The van der Waals surface area contributed by atoms with E-state index >= 15 is 0 Å². The molecule has 0 spiro atoms. The van der Waals surface area contributed by atoms with E-state index in [2.05, 4.69) is 27.8 Å². The predicted octanol–water partition coefficient (Wildman–Crippen LogP) is 3.33. The molecule has 3 aromatic rings. The third-order valence-electron chi connectivity index (χ3n) is 6.36. The van der Waals surface area contributed by atoms with Crippen molar-refractivity contribution in [3.8, 4) is 11.1 Å². The number of aromatic nitrogens is 1. The number of thiazole rings is 1. The lowest BCUT2D eigenvalue weighted by Gasteiger charge is -2.21. The summed E-state index contributed by atoms with van der Waals surface area (Å²) < 4.78 is 5.57. The number of carboxylic acid groups (broad SMARTS) is 1. The van der Waals surface area contributed by atoms with Gasteiger partial charge in [-0.05, 0) is 35.1 Å². The van der Waals surface area contributed by atoms with Crippen molar-refractivity contribution in [1.29, 1.82) is 0 Å². The lowest BCUT2D eigenvalue weighted by molar-refractivity contribution is -0.143. The van der Waals surface area contributed by atoms with Crippen LogP contribution in [0.15, 0.2) is 60.2 Å². The number of alkyl carbamates (subject to hydrolysis) is 1. The number of carbonyl (C=O) groups excluding carboxylic acids is 2. The highest BCUT2D eigenvalue weighted by Gasteiger charge is 2.52. The fourth-order valence-corrected chi connectivity index (χ4v) is 5.02. The van der Waals surface area contributed by atoms with Crippen molar-refractivity contribution in [2.24, 2.45) is 0 Å². The monoisotopic (exact) mass is 477 g/mol. The average Bonchev–Trinajstić information content (AvgIpc) is 3.31. The number of hydrogen-bond donors (Lipinski definition) is 3. The number of benzene rings is 2. The van der Waals surface area contributed by atoms with Gasteiger partial charge in [0.2, 0.25) is 5.91 Å². The first kappa shape index (κ1) is 22.1. The maximum Gasteiger partial charge on any atom is 0.407 e. The molecule has 0 radical (unpaired) electrons. The van der Waals surface area contributed by atoms with Crippen molar-refractivity contribution in [3.63, 3.8) is 0 Å². The van der Waals surface area contributed by atoms with Crippen LogP contribution >= 0.6 is 11.3 Å². The zero-order valence-corrected chi connectivity index (χ0v) is 19.0. The summed E-state index contributed by atoms with van der Waals surface area (Å²) in [4.78, 5) is 41.9. The van der Waals surface area contributed by atoms with Crippen LogP contribution in [0.25, 0.3) is 11.1 Å². The zero-order valence-electron chi connectivity index (χ0n) is 18.2. The second-order valence-electron chi connectivity index (χ2n) is 8.57. The topological polar surface area (TPSA) is 118 Å². The largest absolute Gasteiger partial charge is 0.480 e. The summed E-state index contributed by atoms with van der Waals surface area (Å²) in [5.74, 6) is -1.73. The van der Waals surface area contributed by atoms with Crippen molar-refractivity contribution in [2.75, 3.05) is 6.61 Å². The summed E-state index contributed by atoms with van der Waals surface area (Å²) in [5.41, 5.74) is 4.82. The summed E-state index contributed by atoms with van der Waals surface area (Å²) in [5, 5.41) is 14.6. The first-order chi connectivity index (χ1) is 16.5. The summed E-state index contributed by atoms with van der Waals surface area (Å²) in [6.45, 7) is 0.119. The Hall–Kier alpha value is -3.72. The zero-order chi connectivity index (χ0) is 23.7. The van der Waals surface area contributed by atoms with E-state index in [1.54, 1.807) is 11.7 Å². The van der Waals surface area contributed by atoms with Crippen molar-refractivity contribution in [3.05, 3.63) is 76.2 Å². The molecule has 2 aromatic carbocycles. The van der Waals surface area contributed by atoms with E-state index in [1.165, 1.54) is 11.3 Å². The van der Waals surface area contributed by atoms with E-state index in [4.69, 9.17) is 4.74 Å². The highest BCUT2D eigenvalue weighted by Crippen LogP contribution is 2.44. The van der Waals surface area contributed by atoms with Crippen molar-refractivity contribution < 1.29 is 24.2 Å². The average molecular weight is 478 g/mol. The van der Waals surface area contributed by atoms with Gasteiger partial charge < -0.3 is 20.5 Å². The number of rotatable bonds is 8. The highest BCUT2D eigenvalue weighted by atomic mass is 32.1. The highest BCUT2D eigenvalue weighted by molar-refractivity contribution is 7.09. The molecule has 1 heterocycles. The fraction of sp³-hybridized carbons (Fsp3) is 0.280. The third-order valence-corrected chi connectivity index (χ3v) is 7.16. The van der Waals surface area contributed by atoms with Crippen LogP contribution < -0.4 is 10.6 Å². The Bertz CT molecular complexity index is 1190. The molecule has 1 aromatic heterocycles. The molecular weight excluding hydrogens is 454 g/mol. The minimum Gasteiger partial charge on any atom is -0.480 e. The van der Waals surface area contributed by atoms with Crippen LogP contribution in [0, 0.1) is 0 Å². The molecule has 3 N–H and O–H groups in total. The molecule has 8 nitrogen and oxygen atoms in total. The molecular formula is C25H23N3O5S. The van der Waals surface area contributed by atoms with Crippen LogP contribution in [0.4, 0.5) is 4.79 Å². The van der Waals surface area contributed by atoms with Gasteiger partial charge >= 0.3 is 12.1 Å². The number of fused-ring (bicyclic) bond motifs is 3. The Morgan fingerprint density at radius 1 is 1.09 bits per heavy atom. The molecule has 2 aliphatic rings. The second kappa shape index (κ2) is 8.90. The molecule has 0 bridgehead atoms. The minimum atomic E-state index is -1.24. The van der Waals surface area contributed by atoms with E-state index in [1.807, 2.05) is 36.4 Å². The first-order valence-corrected chi connectivity index (χ1v) is 11.9. The Morgan fingerprint density at radius 2 is 1.74 bits per heavy atom. The summed E-state index contributed by atoms with van der Waals surface area (Å²) >= 11 is 1.35. The molecule has 0 aliphatic heterocycles. The molecule has 34 heavy (non-hydrogen) atoms. The van der Waals surface area contributed by atoms with Crippen LogP contribution in [-0.2, 0) is 20.7 Å². The summed E-state index contributed by atoms with van der Waals surface area (Å²) in [6, 6.07) is 15.1. The quantitative estimate of drug-likeness (QED) is 0.458. The molecule has 1 saturated carbocycles. The predicted molar refractivity (Wildman–Crippen MR) is 126 cm³/mol. The molecule has 5 rings (SSSR count). The van der Waals surface area contributed by atoms with Crippen LogP contribution in [0.5, 0.6) is 0 Å². The maximum absolute atomic E-state index is 12.9.